The first kappa shape index (κ1) is 27.4. The third-order valence-electron chi connectivity index (χ3n) is 6.68. The van der Waals surface area contributed by atoms with Crippen molar-refractivity contribution in [1.29, 1.82) is 5.26 Å². The Morgan fingerprint density at radius 3 is 2.41 bits per heavy atom. The van der Waals surface area contributed by atoms with Crippen LogP contribution in [0.5, 0.6) is 23.0 Å². The molecule has 4 aromatic carbocycles. The number of aryl methyl sites for hydroxylation is 1. The highest BCUT2D eigenvalue weighted by molar-refractivity contribution is 5.91. The molecule has 1 aliphatic rings. The van der Waals surface area contributed by atoms with E-state index in [-0.39, 0.29) is 5.88 Å². The molecule has 0 bridgehead atoms. The Labute approximate surface area is 239 Å². The zero-order valence-corrected chi connectivity index (χ0v) is 22.9. The van der Waals surface area contributed by atoms with Gasteiger partial charge in [0, 0.05) is 11.6 Å². The third-order valence-corrected chi connectivity index (χ3v) is 6.68. The third kappa shape index (κ3) is 6.34. The number of nitrogens with zero attached hydrogens (tertiary/aromatic N) is 1. The summed E-state index contributed by atoms with van der Waals surface area (Å²) in [6.45, 7) is 5.07. The average Bonchev–Trinajstić information content (AvgIpc) is 2.99. The number of hydrogen-bond acceptors (Lipinski definition) is 7. The topological polar surface area (TPSA) is 104 Å². The maximum absolute atomic E-state index is 12.8. The number of allylic oxidation sites excluding steroid dienone is 1. The fraction of sp³-hybridized carbons (Fsp3) is 0.176. The van der Waals surface area contributed by atoms with Crippen LogP contribution in [-0.4, -0.2) is 12.6 Å². The van der Waals surface area contributed by atoms with Gasteiger partial charge in [-0.3, -0.25) is 0 Å². The number of carbonyl (C=O) groups is 1. The predicted molar refractivity (Wildman–Crippen MR) is 155 cm³/mol. The Balaban J connectivity index is 1.34. The fourth-order valence-electron chi connectivity index (χ4n) is 4.55. The summed E-state index contributed by atoms with van der Waals surface area (Å²) in [6, 6.07) is 29.9. The van der Waals surface area contributed by atoms with E-state index in [9.17, 15) is 10.1 Å². The van der Waals surface area contributed by atoms with Crippen LogP contribution in [0.4, 0.5) is 0 Å². The minimum atomic E-state index is -0.526. The highest BCUT2D eigenvalue weighted by Gasteiger charge is 2.31. The van der Waals surface area contributed by atoms with E-state index in [1.807, 2.05) is 50.2 Å². The second-order valence-electron chi connectivity index (χ2n) is 9.73. The zero-order valence-electron chi connectivity index (χ0n) is 22.9. The molecule has 1 atom stereocenters. The second kappa shape index (κ2) is 12.3. The molecule has 0 saturated heterocycles. The van der Waals surface area contributed by atoms with E-state index in [2.05, 4.69) is 18.2 Å². The molecule has 5 rings (SSSR count). The first-order chi connectivity index (χ1) is 19.9. The molecule has 1 unspecified atom stereocenters. The molecule has 0 aliphatic carbocycles. The van der Waals surface area contributed by atoms with Crippen LogP contribution in [0.15, 0.2) is 102 Å². The number of nitrogens with two attached hydrogens (primary N) is 1. The molecular formula is C34H30N2O5. The maximum Gasteiger partial charge on any atom is 0.343 e. The molecule has 0 spiro atoms. The molecule has 206 valence electrons. The van der Waals surface area contributed by atoms with Crippen molar-refractivity contribution in [3.8, 4) is 29.1 Å². The van der Waals surface area contributed by atoms with Crippen LogP contribution in [0.25, 0.3) is 0 Å². The van der Waals surface area contributed by atoms with E-state index in [0.717, 1.165) is 23.1 Å². The van der Waals surface area contributed by atoms with E-state index >= 15 is 0 Å². The van der Waals surface area contributed by atoms with Crippen LogP contribution >= 0.6 is 0 Å². The molecule has 0 amide bonds. The van der Waals surface area contributed by atoms with Gasteiger partial charge in [0.05, 0.1) is 18.1 Å². The monoisotopic (exact) mass is 546 g/mol. The van der Waals surface area contributed by atoms with Crippen molar-refractivity contribution in [1.82, 2.24) is 0 Å². The lowest BCUT2D eigenvalue weighted by Crippen LogP contribution is -2.21. The summed E-state index contributed by atoms with van der Waals surface area (Å²) in [6.07, 6.45) is 0.863. The van der Waals surface area contributed by atoms with Gasteiger partial charge in [-0.1, -0.05) is 61.0 Å². The van der Waals surface area contributed by atoms with Gasteiger partial charge in [-0.15, -0.1) is 0 Å². The molecule has 0 saturated carbocycles. The minimum Gasteiger partial charge on any atom is -0.494 e. The quantitative estimate of drug-likeness (QED) is 0.182. The molecule has 0 fully saturated rings. The normalized spacial score (nSPS) is 13.9. The summed E-state index contributed by atoms with van der Waals surface area (Å²) < 4.78 is 23.0. The van der Waals surface area contributed by atoms with Crippen LogP contribution in [-0.2, 0) is 6.61 Å². The summed E-state index contributed by atoms with van der Waals surface area (Å²) >= 11 is 0. The summed E-state index contributed by atoms with van der Waals surface area (Å²) in [5.74, 6) is 1.05. The summed E-state index contributed by atoms with van der Waals surface area (Å²) in [4.78, 5) is 12.8. The van der Waals surface area contributed by atoms with E-state index in [4.69, 9.17) is 24.7 Å². The van der Waals surface area contributed by atoms with Crippen LogP contribution in [0.1, 0.15) is 51.9 Å². The Kier molecular flexibility index (Phi) is 8.21. The van der Waals surface area contributed by atoms with Gasteiger partial charge in [0.2, 0.25) is 5.88 Å². The molecule has 0 aromatic heterocycles. The van der Waals surface area contributed by atoms with Gasteiger partial charge in [0.1, 0.15) is 41.2 Å². The van der Waals surface area contributed by atoms with Gasteiger partial charge in [-0.25, -0.2) is 4.79 Å². The van der Waals surface area contributed by atoms with Crippen molar-refractivity contribution in [3.63, 3.8) is 0 Å². The Morgan fingerprint density at radius 2 is 1.68 bits per heavy atom. The second-order valence-corrected chi connectivity index (χ2v) is 9.73. The first-order valence-corrected chi connectivity index (χ1v) is 13.4. The van der Waals surface area contributed by atoms with Gasteiger partial charge in [0.15, 0.2) is 0 Å². The van der Waals surface area contributed by atoms with Gasteiger partial charge < -0.3 is 24.7 Å². The SMILES string of the molecule is CCCOc1cccc(C(=O)Oc2ccc3c(c2)OC(N)=C(C#N)C3c2ccc(OCc3ccc(C)cc3)cc2)c1. The van der Waals surface area contributed by atoms with E-state index in [1.165, 1.54) is 5.56 Å². The van der Waals surface area contributed by atoms with E-state index in [0.29, 0.717) is 47.3 Å². The Hall–Kier alpha value is -5.22. The van der Waals surface area contributed by atoms with E-state index in [1.54, 1.807) is 42.5 Å². The standard InChI is InChI=1S/C34H30N2O5/c1-3-17-38-27-6-4-5-25(18-27)34(37)40-28-15-16-29-31(19-28)41-33(36)30(20-35)32(29)24-11-13-26(14-12-24)39-21-23-9-7-22(2)8-10-23/h4-16,18-19,32H,3,17,21,36H2,1-2H3. The number of fused-ring (bicyclic) bond motifs is 1. The Morgan fingerprint density at radius 1 is 0.927 bits per heavy atom. The molecular weight excluding hydrogens is 516 g/mol. The molecule has 7 nitrogen and oxygen atoms in total. The number of esters is 1. The summed E-state index contributed by atoms with van der Waals surface area (Å²) in [7, 11) is 0. The van der Waals surface area contributed by atoms with Gasteiger partial charge >= 0.3 is 5.97 Å². The Bertz CT molecular complexity index is 1620. The summed E-state index contributed by atoms with van der Waals surface area (Å²) in [5, 5.41) is 9.91. The lowest BCUT2D eigenvalue weighted by molar-refractivity contribution is 0.0734. The van der Waals surface area contributed by atoms with Crippen molar-refractivity contribution in [2.45, 2.75) is 32.8 Å². The van der Waals surface area contributed by atoms with Crippen molar-refractivity contribution < 1.29 is 23.7 Å². The number of rotatable bonds is 9. The zero-order chi connectivity index (χ0) is 28.8. The smallest absolute Gasteiger partial charge is 0.343 e. The number of ether oxygens (including phenoxy) is 4. The predicted octanol–water partition coefficient (Wildman–Crippen LogP) is 6.80. The van der Waals surface area contributed by atoms with Crippen molar-refractivity contribution in [3.05, 3.63) is 130 Å². The molecule has 1 heterocycles. The molecule has 1 aliphatic heterocycles. The van der Waals surface area contributed by atoms with Crippen molar-refractivity contribution >= 4 is 5.97 Å². The average molecular weight is 547 g/mol. The van der Waals surface area contributed by atoms with Crippen molar-refractivity contribution in [2.75, 3.05) is 6.61 Å². The van der Waals surface area contributed by atoms with E-state index < -0.39 is 11.9 Å². The highest BCUT2D eigenvalue weighted by Crippen LogP contribution is 2.43. The highest BCUT2D eigenvalue weighted by atomic mass is 16.5. The summed E-state index contributed by atoms with van der Waals surface area (Å²) in [5.41, 5.74) is 10.7. The molecule has 41 heavy (non-hydrogen) atoms. The van der Waals surface area contributed by atoms with Crippen LogP contribution < -0.4 is 24.7 Å². The lowest BCUT2D eigenvalue weighted by Gasteiger charge is -2.26. The number of nitriles is 1. The van der Waals surface area contributed by atoms with Gasteiger partial charge in [-0.05, 0) is 60.9 Å². The first-order valence-electron chi connectivity index (χ1n) is 13.4. The molecule has 0 radical (unpaired) electrons. The fourth-order valence-corrected chi connectivity index (χ4v) is 4.55. The van der Waals surface area contributed by atoms with Crippen LogP contribution in [0.2, 0.25) is 0 Å². The van der Waals surface area contributed by atoms with Crippen molar-refractivity contribution in [2.24, 2.45) is 5.73 Å². The van der Waals surface area contributed by atoms with Gasteiger partial charge in [-0.2, -0.15) is 5.26 Å². The lowest BCUT2D eigenvalue weighted by atomic mass is 9.83. The van der Waals surface area contributed by atoms with Crippen LogP contribution in [0.3, 0.4) is 0 Å². The number of benzene rings is 4. The van der Waals surface area contributed by atoms with Gasteiger partial charge in [0.25, 0.3) is 0 Å². The maximum atomic E-state index is 12.8. The number of carbonyl (C=O) groups excluding carboxylic acids is 1. The molecule has 7 heteroatoms. The number of hydrogen-bond donors (Lipinski definition) is 1. The largest absolute Gasteiger partial charge is 0.494 e. The molecule has 4 aromatic rings. The minimum absolute atomic E-state index is 0.00829. The molecule has 2 N–H and O–H groups in total. The van der Waals surface area contributed by atoms with Crippen LogP contribution in [0, 0.1) is 18.3 Å².